The van der Waals surface area contributed by atoms with E-state index in [1.165, 1.54) is 4.80 Å². The molecule has 0 saturated heterocycles. The lowest BCUT2D eigenvalue weighted by atomic mass is 10.1. The third-order valence-electron chi connectivity index (χ3n) is 3.87. The summed E-state index contributed by atoms with van der Waals surface area (Å²) >= 11 is 1.57. The predicted octanol–water partition coefficient (Wildman–Crippen LogP) is 1.90. The van der Waals surface area contributed by atoms with Gasteiger partial charge in [0.2, 0.25) is 11.7 Å². The third-order valence-corrected chi connectivity index (χ3v) is 4.49. The summed E-state index contributed by atoms with van der Waals surface area (Å²) in [7, 11) is 0. The molecule has 0 aliphatic rings. The molecular formula is C19H20N6O2S. The molecule has 0 spiro atoms. The number of hydrazine groups is 1. The molecule has 0 saturated carbocycles. The maximum absolute atomic E-state index is 12.1. The van der Waals surface area contributed by atoms with Gasteiger partial charge in [-0.25, -0.2) is 0 Å². The summed E-state index contributed by atoms with van der Waals surface area (Å²) in [5.74, 6) is 0.688. The molecule has 2 N–H and O–H groups in total. The quantitative estimate of drug-likeness (QED) is 0.592. The average Bonchev–Trinajstić information content (AvgIpc) is 3.20. The predicted molar refractivity (Wildman–Crippen MR) is 107 cm³/mol. The number of nitrogens with zero attached hydrogens (tertiary/aromatic N) is 4. The molecule has 0 radical (unpaired) electrons. The molecule has 144 valence electrons. The van der Waals surface area contributed by atoms with Crippen LogP contribution in [-0.2, 0) is 11.3 Å². The van der Waals surface area contributed by atoms with Gasteiger partial charge < -0.3 is 0 Å². The lowest BCUT2D eigenvalue weighted by Crippen LogP contribution is -2.41. The van der Waals surface area contributed by atoms with E-state index < -0.39 is 0 Å². The Bertz CT molecular complexity index is 927. The van der Waals surface area contributed by atoms with Gasteiger partial charge in [-0.15, -0.1) is 10.2 Å². The van der Waals surface area contributed by atoms with Gasteiger partial charge in [0.05, 0.1) is 6.54 Å². The SMILES string of the molecule is CSCCC(=O)NNC(=O)c1ccc(Cn2nnc(-c3ccccc3)n2)cc1. The lowest BCUT2D eigenvalue weighted by molar-refractivity contribution is -0.121. The van der Waals surface area contributed by atoms with Crippen molar-refractivity contribution in [2.24, 2.45) is 0 Å². The van der Waals surface area contributed by atoms with Crippen LogP contribution in [0.25, 0.3) is 11.4 Å². The van der Waals surface area contributed by atoms with Gasteiger partial charge in [-0.1, -0.05) is 42.5 Å². The fourth-order valence-corrected chi connectivity index (χ4v) is 2.78. The summed E-state index contributed by atoms with van der Waals surface area (Å²) in [5.41, 5.74) is 7.10. The van der Waals surface area contributed by atoms with Crippen molar-refractivity contribution in [3.05, 3.63) is 65.7 Å². The van der Waals surface area contributed by atoms with Crippen LogP contribution in [0.15, 0.2) is 54.6 Å². The number of nitrogens with one attached hydrogen (secondary N) is 2. The van der Waals surface area contributed by atoms with Crippen molar-refractivity contribution in [3.8, 4) is 11.4 Å². The van der Waals surface area contributed by atoms with Crippen molar-refractivity contribution >= 4 is 23.6 Å². The summed E-state index contributed by atoms with van der Waals surface area (Å²) in [4.78, 5) is 25.1. The Hall–Kier alpha value is -3.20. The van der Waals surface area contributed by atoms with Crippen LogP contribution in [0.3, 0.4) is 0 Å². The minimum absolute atomic E-state index is 0.217. The first kappa shape index (κ1) is 19.6. The van der Waals surface area contributed by atoms with E-state index in [1.54, 1.807) is 23.9 Å². The Labute approximate surface area is 166 Å². The number of rotatable bonds is 7. The van der Waals surface area contributed by atoms with E-state index in [1.807, 2.05) is 48.7 Å². The number of hydrogen-bond acceptors (Lipinski definition) is 6. The van der Waals surface area contributed by atoms with E-state index in [-0.39, 0.29) is 11.8 Å². The fourth-order valence-electron chi connectivity index (χ4n) is 2.39. The van der Waals surface area contributed by atoms with Crippen molar-refractivity contribution in [1.82, 2.24) is 31.1 Å². The van der Waals surface area contributed by atoms with Gasteiger partial charge in [-0.3, -0.25) is 20.4 Å². The first-order chi connectivity index (χ1) is 13.7. The van der Waals surface area contributed by atoms with Crippen molar-refractivity contribution in [1.29, 1.82) is 0 Å². The Kier molecular flexibility index (Phi) is 6.74. The molecule has 0 aliphatic heterocycles. The van der Waals surface area contributed by atoms with Crippen LogP contribution in [0.1, 0.15) is 22.3 Å². The topological polar surface area (TPSA) is 102 Å². The number of tetrazole rings is 1. The second-order valence-corrected chi connectivity index (χ2v) is 6.94. The normalized spacial score (nSPS) is 10.5. The molecule has 0 bridgehead atoms. The number of aromatic nitrogens is 4. The van der Waals surface area contributed by atoms with Gasteiger partial charge in [-0.2, -0.15) is 16.6 Å². The molecule has 8 nitrogen and oxygen atoms in total. The fraction of sp³-hybridized carbons (Fsp3) is 0.211. The summed E-state index contributed by atoms with van der Waals surface area (Å²) in [6.07, 6.45) is 2.28. The van der Waals surface area contributed by atoms with Crippen LogP contribution < -0.4 is 10.9 Å². The average molecular weight is 396 g/mol. The first-order valence-corrected chi connectivity index (χ1v) is 10.1. The highest BCUT2D eigenvalue weighted by Crippen LogP contribution is 2.12. The molecule has 0 unspecified atom stereocenters. The Morgan fingerprint density at radius 1 is 1.04 bits per heavy atom. The van der Waals surface area contributed by atoms with Gasteiger partial charge in [0, 0.05) is 23.3 Å². The number of carbonyl (C=O) groups excluding carboxylic acids is 2. The van der Waals surface area contributed by atoms with Gasteiger partial charge in [0.15, 0.2) is 0 Å². The zero-order chi connectivity index (χ0) is 19.8. The summed E-state index contributed by atoms with van der Waals surface area (Å²) in [6, 6.07) is 16.6. The number of hydrogen-bond donors (Lipinski definition) is 2. The molecule has 1 heterocycles. The Morgan fingerprint density at radius 2 is 1.79 bits per heavy atom. The maximum atomic E-state index is 12.1. The molecular weight excluding hydrogens is 376 g/mol. The van der Waals surface area contributed by atoms with E-state index in [4.69, 9.17) is 0 Å². The van der Waals surface area contributed by atoms with E-state index in [2.05, 4.69) is 26.3 Å². The van der Waals surface area contributed by atoms with Crippen molar-refractivity contribution < 1.29 is 9.59 Å². The summed E-state index contributed by atoms with van der Waals surface area (Å²) in [5, 5.41) is 12.5. The van der Waals surface area contributed by atoms with Crippen LogP contribution in [-0.4, -0.2) is 44.0 Å². The van der Waals surface area contributed by atoms with Gasteiger partial charge >= 0.3 is 0 Å². The maximum Gasteiger partial charge on any atom is 0.269 e. The first-order valence-electron chi connectivity index (χ1n) is 8.66. The van der Waals surface area contributed by atoms with Gasteiger partial charge in [0.1, 0.15) is 0 Å². The number of carbonyl (C=O) groups is 2. The second kappa shape index (κ2) is 9.65. The molecule has 3 rings (SSSR count). The van der Waals surface area contributed by atoms with Gasteiger partial charge in [-0.05, 0) is 29.2 Å². The standard InChI is InChI=1S/C19H20N6O2S/c1-28-12-11-17(26)20-22-19(27)16-9-7-14(8-10-16)13-25-23-18(21-24-25)15-5-3-2-4-6-15/h2-10H,11-13H2,1H3,(H,20,26)(H,22,27). The second-order valence-electron chi connectivity index (χ2n) is 5.95. The summed E-state index contributed by atoms with van der Waals surface area (Å²) in [6.45, 7) is 0.438. The molecule has 28 heavy (non-hydrogen) atoms. The van der Waals surface area contributed by atoms with Crippen LogP contribution >= 0.6 is 11.8 Å². The Balaban J connectivity index is 1.55. The highest BCUT2D eigenvalue weighted by atomic mass is 32.2. The smallest absolute Gasteiger partial charge is 0.269 e. The van der Waals surface area contributed by atoms with E-state index in [9.17, 15) is 9.59 Å². The number of benzene rings is 2. The third kappa shape index (κ3) is 5.40. The highest BCUT2D eigenvalue weighted by Gasteiger charge is 2.09. The van der Waals surface area contributed by atoms with Crippen molar-refractivity contribution in [2.45, 2.75) is 13.0 Å². The number of thioether (sulfide) groups is 1. The zero-order valence-electron chi connectivity index (χ0n) is 15.3. The van der Waals surface area contributed by atoms with Gasteiger partial charge in [0.25, 0.3) is 5.91 Å². The van der Waals surface area contributed by atoms with Crippen molar-refractivity contribution in [2.75, 3.05) is 12.0 Å². The van der Waals surface area contributed by atoms with Crippen molar-refractivity contribution in [3.63, 3.8) is 0 Å². The van der Waals surface area contributed by atoms with Crippen LogP contribution in [0.5, 0.6) is 0 Å². The largest absolute Gasteiger partial charge is 0.273 e. The molecule has 0 aliphatic carbocycles. The Morgan fingerprint density at radius 3 is 2.50 bits per heavy atom. The lowest BCUT2D eigenvalue weighted by Gasteiger charge is -2.07. The molecule has 1 aromatic heterocycles. The monoisotopic (exact) mass is 396 g/mol. The molecule has 0 atom stereocenters. The van der Waals surface area contributed by atoms with Crippen LogP contribution in [0.4, 0.5) is 0 Å². The molecule has 0 fully saturated rings. The van der Waals surface area contributed by atoms with Crippen LogP contribution in [0, 0.1) is 0 Å². The highest BCUT2D eigenvalue weighted by molar-refractivity contribution is 7.98. The van der Waals surface area contributed by atoms with E-state index in [0.717, 1.165) is 11.1 Å². The molecule has 2 amide bonds. The summed E-state index contributed by atoms with van der Waals surface area (Å²) < 4.78 is 0. The minimum Gasteiger partial charge on any atom is -0.273 e. The number of amides is 2. The molecule has 9 heteroatoms. The minimum atomic E-state index is -0.366. The van der Waals surface area contributed by atoms with Crippen LogP contribution in [0.2, 0.25) is 0 Å². The zero-order valence-corrected chi connectivity index (χ0v) is 16.1. The molecule has 2 aromatic carbocycles. The molecule has 3 aromatic rings. The van der Waals surface area contributed by atoms with E-state index >= 15 is 0 Å². The van der Waals surface area contributed by atoms with E-state index in [0.29, 0.717) is 30.1 Å².